The first-order chi connectivity index (χ1) is 12.4. The lowest BCUT2D eigenvalue weighted by molar-refractivity contribution is -0.144. The Bertz CT molecular complexity index is 408. The van der Waals surface area contributed by atoms with Gasteiger partial charge in [0.1, 0.15) is 16.5 Å². The summed E-state index contributed by atoms with van der Waals surface area (Å²) in [4.78, 5) is 23.4. The average molecular weight is 419 g/mol. The highest BCUT2D eigenvalue weighted by atomic mass is 28.3. The fraction of sp³-hybridized carbons (Fsp3) is 0.895. The second-order valence-electron chi connectivity index (χ2n) is 8.78. The standard InChI is InChI=1S/C19H42N2O4Si2/c1-9-24-18(22)12-16-20(26(3,4)5)14-11-15-21(27(6,7)8)17-13-19(23)25-10-2/h9-17H2,1-8H3. The Morgan fingerprint density at radius 3 is 1.26 bits per heavy atom. The lowest BCUT2D eigenvalue weighted by Crippen LogP contribution is -2.50. The van der Waals surface area contributed by atoms with Crippen LogP contribution in [0, 0.1) is 0 Å². The fourth-order valence-corrected chi connectivity index (χ4v) is 6.16. The van der Waals surface area contributed by atoms with E-state index in [1.807, 2.05) is 13.8 Å². The van der Waals surface area contributed by atoms with Gasteiger partial charge in [-0.15, -0.1) is 0 Å². The van der Waals surface area contributed by atoms with Gasteiger partial charge in [-0.3, -0.25) is 9.59 Å². The van der Waals surface area contributed by atoms with Crippen LogP contribution in [0.2, 0.25) is 39.3 Å². The average Bonchev–Trinajstić information content (AvgIpc) is 2.51. The molecule has 0 saturated heterocycles. The maximum absolute atomic E-state index is 11.7. The van der Waals surface area contributed by atoms with Gasteiger partial charge >= 0.3 is 11.9 Å². The Labute approximate surface area is 168 Å². The first-order valence-electron chi connectivity index (χ1n) is 10.2. The zero-order valence-electron chi connectivity index (χ0n) is 18.9. The molecule has 0 aromatic rings. The van der Waals surface area contributed by atoms with Crippen LogP contribution in [-0.4, -0.2) is 76.9 Å². The second kappa shape index (κ2) is 12.7. The minimum absolute atomic E-state index is 0.112. The third-order valence-electron chi connectivity index (χ3n) is 4.54. The molecule has 0 unspecified atom stereocenters. The summed E-state index contributed by atoms with van der Waals surface area (Å²) < 4.78 is 15.1. The summed E-state index contributed by atoms with van der Waals surface area (Å²) in [7, 11) is -2.99. The maximum atomic E-state index is 11.7. The van der Waals surface area contributed by atoms with E-state index in [0.717, 1.165) is 32.6 Å². The molecular formula is C19H42N2O4Si2. The molecule has 0 rings (SSSR count). The number of esters is 2. The first-order valence-corrected chi connectivity index (χ1v) is 17.1. The number of nitrogens with zero attached hydrogens (tertiary/aromatic N) is 2. The number of hydrogen-bond donors (Lipinski definition) is 0. The molecular weight excluding hydrogens is 376 g/mol. The van der Waals surface area contributed by atoms with Crippen LogP contribution in [-0.2, 0) is 19.1 Å². The van der Waals surface area contributed by atoms with E-state index in [1.165, 1.54) is 0 Å². The Hall–Kier alpha value is -0.706. The van der Waals surface area contributed by atoms with Crippen molar-refractivity contribution in [1.82, 2.24) is 9.13 Å². The Morgan fingerprint density at radius 2 is 1.00 bits per heavy atom. The second-order valence-corrected chi connectivity index (χ2v) is 18.7. The molecule has 0 radical (unpaired) electrons. The number of rotatable bonds is 14. The van der Waals surface area contributed by atoms with Crippen molar-refractivity contribution in [1.29, 1.82) is 0 Å². The van der Waals surface area contributed by atoms with Crippen molar-refractivity contribution in [2.24, 2.45) is 0 Å². The quantitative estimate of drug-likeness (QED) is 0.317. The zero-order valence-corrected chi connectivity index (χ0v) is 20.9. The predicted molar refractivity (Wildman–Crippen MR) is 117 cm³/mol. The van der Waals surface area contributed by atoms with E-state index in [9.17, 15) is 9.59 Å². The Morgan fingerprint density at radius 1 is 0.667 bits per heavy atom. The minimum atomic E-state index is -1.50. The lowest BCUT2D eigenvalue weighted by Gasteiger charge is -2.37. The number of hydrogen-bond acceptors (Lipinski definition) is 6. The summed E-state index contributed by atoms with van der Waals surface area (Å²) >= 11 is 0. The number of ether oxygens (including phenoxy) is 2. The highest BCUT2D eigenvalue weighted by molar-refractivity contribution is 6.73. The molecule has 6 nitrogen and oxygen atoms in total. The molecule has 160 valence electrons. The van der Waals surface area contributed by atoms with Crippen LogP contribution in [0.4, 0.5) is 0 Å². The van der Waals surface area contributed by atoms with Gasteiger partial charge < -0.3 is 18.6 Å². The van der Waals surface area contributed by atoms with Crippen molar-refractivity contribution in [2.45, 2.75) is 72.4 Å². The van der Waals surface area contributed by atoms with Gasteiger partial charge in [0.15, 0.2) is 0 Å². The molecule has 0 aromatic carbocycles. The molecule has 0 saturated carbocycles. The fourth-order valence-electron chi connectivity index (χ4n) is 2.94. The van der Waals surface area contributed by atoms with Crippen molar-refractivity contribution < 1.29 is 19.1 Å². The van der Waals surface area contributed by atoms with Gasteiger partial charge in [-0.05, 0) is 33.4 Å². The lowest BCUT2D eigenvalue weighted by atomic mass is 10.3. The van der Waals surface area contributed by atoms with Gasteiger partial charge in [-0.2, -0.15) is 0 Å². The van der Waals surface area contributed by atoms with Crippen LogP contribution in [0.5, 0.6) is 0 Å². The van der Waals surface area contributed by atoms with Gasteiger partial charge in [0, 0.05) is 13.1 Å². The van der Waals surface area contributed by atoms with E-state index in [4.69, 9.17) is 9.47 Å². The Balaban J connectivity index is 4.63. The summed E-state index contributed by atoms with van der Waals surface area (Å²) in [5, 5.41) is 0. The van der Waals surface area contributed by atoms with Crippen molar-refractivity contribution in [3.63, 3.8) is 0 Å². The van der Waals surface area contributed by atoms with Crippen molar-refractivity contribution in [2.75, 3.05) is 39.4 Å². The van der Waals surface area contributed by atoms with Crippen LogP contribution < -0.4 is 0 Å². The van der Waals surface area contributed by atoms with Crippen molar-refractivity contribution in [3.05, 3.63) is 0 Å². The van der Waals surface area contributed by atoms with E-state index < -0.39 is 16.5 Å². The summed E-state index contributed by atoms with van der Waals surface area (Å²) in [5.41, 5.74) is 0. The minimum Gasteiger partial charge on any atom is -0.466 e. The molecule has 0 N–H and O–H groups in total. The van der Waals surface area contributed by atoms with Gasteiger partial charge in [0.2, 0.25) is 0 Å². The third kappa shape index (κ3) is 12.4. The number of carbonyl (C=O) groups excluding carboxylic acids is 2. The van der Waals surface area contributed by atoms with Crippen LogP contribution in [0.15, 0.2) is 0 Å². The molecule has 0 fully saturated rings. The predicted octanol–water partition coefficient (Wildman–Crippen LogP) is 3.56. The molecule has 0 aromatic heterocycles. The summed E-state index contributed by atoms with van der Waals surface area (Å²) in [6, 6.07) is 0. The molecule has 0 atom stereocenters. The van der Waals surface area contributed by atoms with Crippen LogP contribution in [0.25, 0.3) is 0 Å². The highest BCUT2D eigenvalue weighted by Gasteiger charge is 2.27. The largest absolute Gasteiger partial charge is 0.466 e. The van der Waals surface area contributed by atoms with E-state index in [0.29, 0.717) is 26.1 Å². The third-order valence-corrected chi connectivity index (χ3v) is 9.22. The molecule has 0 aliphatic rings. The smallest absolute Gasteiger partial charge is 0.307 e. The number of carbonyl (C=O) groups is 2. The van der Waals surface area contributed by atoms with Crippen LogP contribution >= 0.6 is 0 Å². The van der Waals surface area contributed by atoms with Crippen molar-refractivity contribution >= 4 is 28.4 Å². The molecule has 0 aliphatic carbocycles. The van der Waals surface area contributed by atoms with Gasteiger partial charge in [0.05, 0.1) is 26.1 Å². The topological polar surface area (TPSA) is 59.1 Å². The molecule has 0 heterocycles. The molecule has 8 heteroatoms. The van der Waals surface area contributed by atoms with E-state index in [-0.39, 0.29) is 11.9 Å². The molecule has 0 aliphatic heterocycles. The molecule has 0 spiro atoms. The van der Waals surface area contributed by atoms with E-state index in [1.54, 1.807) is 0 Å². The van der Waals surface area contributed by atoms with Crippen LogP contribution in [0.1, 0.15) is 33.1 Å². The molecule has 0 bridgehead atoms. The maximum Gasteiger partial charge on any atom is 0.307 e. The molecule has 0 amide bonds. The Kier molecular flexibility index (Phi) is 12.4. The highest BCUT2D eigenvalue weighted by Crippen LogP contribution is 2.14. The van der Waals surface area contributed by atoms with Gasteiger partial charge in [-0.1, -0.05) is 39.3 Å². The normalized spacial score (nSPS) is 12.5. The van der Waals surface area contributed by atoms with Gasteiger partial charge in [0.25, 0.3) is 0 Å². The van der Waals surface area contributed by atoms with Gasteiger partial charge in [-0.25, -0.2) is 0 Å². The first kappa shape index (κ1) is 26.3. The van der Waals surface area contributed by atoms with E-state index in [2.05, 4.69) is 48.4 Å². The molecule has 27 heavy (non-hydrogen) atoms. The van der Waals surface area contributed by atoms with Crippen LogP contribution in [0.3, 0.4) is 0 Å². The SMILES string of the molecule is CCOC(=O)CCN(CCCN(CCC(=O)OCC)[Si](C)(C)C)[Si](C)(C)C. The zero-order chi connectivity index (χ0) is 21.1. The summed E-state index contributed by atoms with van der Waals surface area (Å²) in [6.07, 6.45) is 1.96. The van der Waals surface area contributed by atoms with Crippen molar-refractivity contribution in [3.8, 4) is 0 Å². The van der Waals surface area contributed by atoms with E-state index >= 15 is 0 Å². The summed E-state index contributed by atoms with van der Waals surface area (Å²) in [6.45, 7) is 22.0. The monoisotopic (exact) mass is 418 g/mol. The summed E-state index contributed by atoms with van der Waals surface area (Å²) in [5.74, 6) is -0.224.